The molecule has 1 N–H and O–H groups in total. The summed E-state index contributed by atoms with van der Waals surface area (Å²) in [6.07, 6.45) is 11.1. The van der Waals surface area contributed by atoms with Crippen LogP contribution in [0.25, 0.3) is 0 Å². The van der Waals surface area contributed by atoms with Gasteiger partial charge in [-0.05, 0) is 62.7 Å². The molecule has 0 aromatic rings. The van der Waals surface area contributed by atoms with E-state index in [-0.39, 0.29) is 11.7 Å². The lowest BCUT2D eigenvalue weighted by Crippen LogP contribution is -2.49. The van der Waals surface area contributed by atoms with E-state index in [1.54, 1.807) is 0 Å². The van der Waals surface area contributed by atoms with Crippen LogP contribution in [0, 0.1) is 17.8 Å². The first-order chi connectivity index (χ1) is 8.69. The molecule has 1 spiro atoms. The molecule has 2 heteroatoms. The van der Waals surface area contributed by atoms with Gasteiger partial charge in [0.25, 0.3) is 0 Å². The van der Waals surface area contributed by atoms with Gasteiger partial charge in [-0.25, -0.2) is 0 Å². The number of hydrogen-bond acceptors (Lipinski definition) is 2. The SMILES string of the molecule is CC1CCCC(C(O)C2CCOC3(CCC3)C2)C1. The Morgan fingerprint density at radius 3 is 2.61 bits per heavy atom. The third kappa shape index (κ3) is 2.46. The van der Waals surface area contributed by atoms with Crippen LogP contribution < -0.4 is 0 Å². The van der Waals surface area contributed by atoms with Gasteiger partial charge < -0.3 is 9.84 Å². The summed E-state index contributed by atoms with van der Waals surface area (Å²) in [5.74, 6) is 1.89. The molecule has 0 amide bonds. The second-order valence-corrected chi connectivity index (χ2v) is 7.16. The highest BCUT2D eigenvalue weighted by atomic mass is 16.5. The van der Waals surface area contributed by atoms with Crippen molar-refractivity contribution in [3.8, 4) is 0 Å². The smallest absolute Gasteiger partial charge is 0.0686 e. The maximum atomic E-state index is 10.7. The molecule has 1 saturated heterocycles. The Bertz CT molecular complexity index is 285. The summed E-state index contributed by atoms with van der Waals surface area (Å²) >= 11 is 0. The fourth-order valence-electron chi connectivity index (χ4n) is 4.45. The molecular weight excluding hydrogens is 224 g/mol. The summed E-state index contributed by atoms with van der Waals surface area (Å²) in [4.78, 5) is 0. The molecule has 3 fully saturated rings. The summed E-state index contributed by atoms with van der Waals surface area (Å²) in [6.45, 7) is 3.22. The van der Waals surface area contributed by atoms with Crippen molar-refractivity contribution in [3.63, 3.8) is 0 Å². The first-order valence-corrected chi connectivity index (χ1v) is 8.01. The lowest BCUT2D eigenvalue weighted by atomic mass is 9.67. The van der Waals surface area contributed by atoms with Crippen LogP contribution in [0.1, 0.15) is 64.7 Å². The van der Waals surface area contributed by atoms with E-state index in [1.165, 1.54) is 44.9 Å². The second-order valence-electron chi connectivity index (χ2n) is 7.16. The molecule has 3 rings (SSSR count). The Morgan fingerprint density at radius 1 is 1.11 bits per heavy atom. The second kappa shape index (κ2) is 5.13. The highest BCUT2D eigenvalue weighted by Gasteiger charge is 2.45. The van der Waals surface area contributed by atoms with Crippen molar-refractivity contribution in [3.05, 3.63) is 0 Å². The lowest BCUT2D eigenvalue weighted by Gasteiger charge is -2.49. The minimum Gasteiger partial charge on any atom is -0.393 e. The van der Waals surface area contributed by atoms with Gasteiger partial charge in [-0.2, -0.15) is 0 Å². The highest BCUT2D eigenvalue weighted by Crippen LogP contribution is 2.46. The van der Waals surface area contributed by atoms with E-state index in [9.17, 15) is 5.11 Å². The molecule has 4 unspecified atom stereocenters. The third-order valence-corrected chi connectivity index (χ3v) is 5.74. The molecule has 2 aliphatic carbocycles. The summed E-state index contributed by atoms with van der Waals surface area (Å²) in [5, 5.41) is 10.7. The van der Waals surface area contributed by atoms with Crippen molar-refractivity contribution in [1.82, 2.24) is 0 Å². The largest absolute Gasteiger partial charge is 0.393 e. The van der Waals surface area contributed by atoms with Gasteiger partial charge in [0.05, 0.1) is 11.7 Å². The summed E-state index contributed by atoms with van der Waals surface area (Å²) in [6, 6.07) is 0. The Labute approximate surface area is 111 Å². The normalized spacial score (nSPS) is 41.3. The van der Waals surface area contributed by atoms with E-state index < -0.39 is 0 Å². The van der Waals surface area contributed by atoms with Crippen molar-refractivity contribution in [2.75, 3.05) is 6.61 Å². The Morgan fingerprint density at radius 2 is 1.94 bits per heavy atom. The first kappa shape index (κ1) is 12.9. The van der Waals surface area contributed by atoms with Crippen molar-refractivity contribution in [2.24, 2.45) is 17.8 Å². The molecule has 0 aromatic carbocycles. The fraction of sp³-hybridized carbons (Fsp3) is 1.00. The number of ether oxygens (including phenoxy) is 1. The van der Waals surface area contributed by atoms with Crippen LogP contribution in [0.5, 0.6) is 0 Å². The zero-order valence-corrected chi connectivity index (χ0v) is 11.7. The van der Waals surface area contributed by atoms with Gasteiger partial charge in [0.2, 0.25) is 0 Å². The molecule has 104 valence electrons. The fourth-order valence-corrected chi connectivity index (χ4v) is 4.45. The lowest BCUT2D eigenvalue weighted by molar-refractivity contribution is -0.162. The van der Waals surface area contributed by atoms with Crippen LogP contribution in [0.2, 0.25) is 0 Å². The van der Waals surface area contributed by atoms with Crippen LogP contribution in [0.15, 0.2) is 0 Å². The minimum absolute atomic E-state index is 0.0610. The average molecular weight is 252 g/mol. The van der Waals surface area contributed by atoms with E-state index in [0.717, 1.165) is 25.4 Å². The van der Waals surface area contributed by atoms with Gasteiger partial charge >= 0.3 is 0 Å². The van der Waals surface area contributed by atoms with Gasteiger partial charge in [-0.15, -0.1) is 0 Å². The van der Waals surface area contributed by atoms with Gasteiger partial charge in [0.15, 0.2) is 0 Å². The number of rotatable bonds is 2. The van der Waals surface area contributed by atoms with Crippen LogP contribution in [-0.2, 0) is 4.74 Å². The molecule has 2 nitrogen and oxygen atoms in total. The average Bonchev–Trinajstić information content (AvgIpc) is 2.36. The van der Waals surface area contributed by atoms with Crippen molar-refractivity contribution in [1.29, 1.82) is 0 Å². The van der Waals surface area contributed by atoms with Crippen LogP contribution in [0.3, 0.4) is 0 Å². The molecule has 1 aliphatic heterocycles. The van der Waals surface area contributed by atoms with Gasteiger partial charge in [-0.1, -0.05) is 19.8 Å². The van der Waals surface area contributed by atoms with E-state index in [4.69, 9.17) is 4.74 Å². The molecule has 3 aliphatic rings. The van der Waals surface area contributed by atoms with Crippen molar-refractivity contribution >= 4 is 0 Å². The molecule has 4 atom stereocenters. The highest BCUT2D eigenvalue weighted by molar-refractivity contribution is 4.96. The van der Waals surface area contributed by atoms with Crippen molar-refractivity contribution in [2.45, 2.75) is 76.4 Å². The van der Waals surface area contributed by atoms with Crippen molar-refractivity contribution < 1.29 is 9.84 Å². The van der Waals surface area contributed by atoms with Gasteiger partial charge in [-0.3, -0.25) is 0 Å². The van der Waals surface area contributed by atoms with E-state index >= 15 is 0 Å². The van der Waals surface area contributed by atoms with E-state index in [2.05, 4.69) is 6.92 Å². The summed E-state index contributed by atoms with van der Waals surface area (Å²) in [7, 11) is 0. The molecular formula is C16H28O2. The molecule has 0 bridgehead atoms. The Kier molecular flexibility index (Phi) is 3.68. The molecule has 18 heavy (non-hydrogen) atoms. The predicted octanol–water partition coefficient (Wildman–Crippen LogP) is 3.52. The molecule has 0 aromatic heterocycles. The number of aliphatic hydroxyl groups excluding tert-OH is 1. The first-order valence-electron chi connectivity index (χ1n) is 8.01. The monoisotopic (exact) mass is 252 g/mol. The van der Waals surface area contributed by atoms with Gasteiger partial charge in [0.1, 0.15) is 0 Å². The number of hydrogen-bond donors (Lipinski definition) is 1. The Hall–Kier alpha value is -0.0800. The topological polar surface area (TPSA) is 29.5 Å². The zero-order valence-electron chi connectivity index (χ0n) is 11.7. The maximum absolute atomic E-state index is 10.7. The van der Waals surface area contributed by atoms with Gasteiger partial charge in [0, 0.05) is 6.61 Å². The van der Waals surface area contributed by atoms with E-state index in [0.29, 0.717) is 11.8 Å². The Balaban J connectivity index is 1.59. The molecule has 1 heterocycles. The molecule has 2 saturated carbocycles. The van der Waals surface area contributed by atoms with Crippen LogP contribution >= 0.6 is 0 Å². The third-order valence-electron chi connectivity index (χ3n) is 5.74. The zero-order chi connectivity index (χ0) is 12.6. The van der Waals surface area contributed by atoms with Crippen LogP contribution in [0.4, 0.5) is 0 Å². The van der Waals surface area contributed by atoms with Crippen LogP contribution in [-0.4, -0.2) is 23.4 Å². The predicted molar refractivity (Wildman–Crippen MR) is 72.4 cm³/mol. The summed E-state index contributed by atoms with van der Waals surface area (Å²) in [5.41, 5.74) is 0.185. The maximum Gasteiger partial charge on any atom is 0.0686 e. The standard InChI is InChI=1S/C16H28O2/c1-12-4-2-5-13(10-12)15(17)14-6-9-18-16(11-14)7-3-8-16/h12-15,17H,2-11H2,1H3. The molecule has 0 radical (unpaired) electrons. The summed E-state index contributed by atoms with van der Waals surface area (Å²) < 4.78 is 5.98. The quantitative estimate of drug-likeness (QED) is 0.814. The van der Waals surface area contributed by atoms with E-state index in [1.807, 2.05) is 0 Å². The number of aliphatic hydroxyl groups is 1. The minimum atomic E-state index is -0.0610.